The zero-order chi connectivity index (χ0) is 16.4. The van der Waals surface area contributed by atoms with Crippen LogP contribution in [0, 0.1) is 5.82 Å². The van der Waals surface area contributed by atoms with Crippen LogP contribution in [-0.2, 0) is 9.53 Å². The molecule has 0 fully saturated rings. The Kier molecular flexibility index (Phi) is 4.25. The Morgan fingerprint density at radius 2 is 2.09 bits per heavy atom. The van der Waals surface area contributed by atoms with E-state index in [-0.39, 0.29) is 17.4 Å². The van der Waals surface area contributed by atoms with Crippen LogP contribution in [0.15, 0.2) is 57.6 Å². The summed E-state index contributed by atoms with van der Waals surface area (Å²) in [6.07, 6.45) is 1.48. The first kappa shape index (κ1) is 15.4. The normalized spacial score (nSPS) is 15.5. The molecule has 0 bridgehead atoms. The molecule has 0 saturated carbocycles. The van der Waals surface area contributed by atoms with Crippen molar-refractivity contribution in [1.29, 1.82) is 0 Å². The second-order valence-corrected chi connectivity index (χ2v) is 5.65. The molecule has 2 aromatic carbocycles. The SMILES string of the molecule is COc1ccc(Br)cc1C1=N/C(=C/c2cccc(F)c2)C(=O)O1. The second-order valence-electron chi connectivity index (χ2n) is 4.74. The molecule has 0 saturated heterocycles. The van der Waals surface area contributed by atoms with Crippen LogP contribution in [0.1, 0.15) is 11.1 Å². The summed E-state index contributed by atoms with van der Waals surface area (Å²) in [7, 11) is 1.52. The summed E-state index contributed by atoms with van der Waals surface area (Å²) >= 11 is 3.36. The molecule has 0 atom stereocenters. The summed E-state index contributed by atoms with van der Waals surface area (Å²) in [4.78, 5) is 16.2. The smallest absolute Gasteiger partial charge is 0.363 e. The highest BCUT2D eigenvalue weighted by atomic mass is 79.9. The van der Waals surface area contributed by atoms with Crippen molar-refractivity contribution in [2.45, 2.75) is 0 Å². The molecule has 1 heterocycles. The molecule has 0 aromatic heterocycles. The number of ether oxygens (including phenoxy) is 2. The van der Waals surface area contributed by atoms with Gasteiger partial charge in [-0.25, -0.2) is 14.2 Å². The van der Waals surface area contributed by atoms with Gasteiger partial charge in [0.25, 0.3) is 0 Å². The van der Waals surface area contributed by atoms with Gasteiger partial charge in [0, 0.05) is 4.47 Å². The molecule has 0 amide bonds. The van der Waals surface area contributed by atoms with Crippen LogP contribution in [0.2, 0.25) is 0 Å². The number of esters is 1. The number of aliphatic imine (C=N–C) groups is 1. The first-order valence-electron chi connectivity index (χ1n) is 6.69. The molecule has 4 nitrogen and oxygen atoms in total. The number of carbonyl (C=O) groups excluding carboxylic acids is 1. The van der Waals surface area contributed by atoms with Gasteiger partial charge < -0.3 is 9.47 Å². The van der Waals surface area contributed by atoms with Gasteiger partial charge in [-0.2, -0.15) is 0 Å². The van der Waals surface area contributed by atoms with Crippen LogP contribution in [0.4, 0.5) is 4.39 Å². The minimum absolute atomic E-state index is 0.104. The third kappa shape index (κ3) is 3.32. The molecule has 6 heteroatoms. The van der Waals surface area contributed by atoms with Crippen LogP contribution < -0.4 is 4.74 Å². The van der Waals surface area contributed by atoms with Crippen molar-refractivity contribution in [3.05, 3.63) is 69.6 Å². The van der Waals surface area contributed by atoms with Crippen LogP contribution in [0.5, 0.6) is 5.75 Å². The van der Waals surface area contributed by atoms with Gasteiger partial charge in [0.2, 0.25) is 5.90 Å². The van der Waals surface area contributed by atoms with E-state index in [0.29, 0.717) is 16.9 Å². The maximum absolute atomic E-state index is 13.2. The van der Waals surface area contributed by atoms with E-state index in [1.165, 1.54) is 25.3 Å². The molecular weight excluding hydrogens is 365 g/mol. The summed E-state index contributed by atoms with van der Waals surface area (Å²) in [5.74, 6) is -0.294. The van der Waals surface area contributed by atoms with E-state index < -0.39 is 5.97 Å². The minimum Gasteiger partial charge on any atom is -0.496 e. The molecule has 116 valence electrons. The second kappa shape index (κ2) is 6.34. The lowest BCUT2D eigenvalue weighted by molar-refractivity contribution is -0.129. The summed E-state index contributed by atoms with van der Waals surface area (Å²) in [5, 5.41) is 0. The average molecular weight is 376 g/mol. The number of cyclic esters (lactones) is 1. The van der Waals surface area contributed by atoms with Gasteiger partial charge in [-0.15, -0.1) is 0 Å². The van der Waals surface area contributed by atoms with Gasteiger partial charge in [-0.05, 0) is 42.0 Å². The van der Waals surface area contributed by atoms with Gasteiger partial charge in [-0.1, -0.05) is 28.1 Å². The van der Waals surface area contributed by atoms with Crippen molar-refractivity contribution in [3.63, 3.8) is 0 Å². The predicted octanol–water partition coefficient (Wildman–Crippen LogP) is 3.94. The molecule has 0 radical (unpaired) electrons. The highest BCUT2D eigenvalue weighted by molar-refractivity contribution is 9.10. The molecule has 0 N–H and O–H groups in total. The lowest BCUT2D eigenvalue weighted by Gasteiger charge is -2.07. The van der Waals surface area contributed by atoms with Gasteiger partial charge in [0.05, 0.1) is 12.7 Å². The van der Waals surface area contributed by atoms with Crippen molar-refractivity contribution in [2.75, 3.05) is 7.11 Å². The zero-order valence-electron chi connectivity index (χ0n) is 12.0. The number of nitrogens with zero attached hydrogens (tertiary/aromatic N) is 1. The third-order valence-electron chi connectivity index (χ3n) is 3.16. The van der Waals surface area contributed by atoms with Crippen LogP contribution >= 0.6 is 15.9 Å². The van der Waals surface area contributed by atoms with E-state index >= 15 is 0 Å². The maximum Gasteiger partial charge on any atom is 0.363 e. The van der Waals surface area contributed by atoms with Gasteiger partial charge in [0.15, 0.2) is 5.70 Å². The molecule has 1 aliphatic rings. The summed E-state index contributed by atoms with van der Waals surface area (Å²) < 4.78 is 24.5. The van der Waals surface area contributed by atoms with Crippen molar-refractivity contribution in [1.82, 2.24) is 0 Å². The summed E-state index contributed by atoms with van der Waals surface area (Å²) in [5.41, 5.74) is 1.19. The van der Waals surface area contributed by atoms with Crippen molar-refractivity contribution < 1.29 is 18.7 Å². The number of methoxy groups -OCH3 is 1. The fourth-order valence-electron chi connectivity index (χ4n) is 2.13. The van der Waals surface area contributed by atoms with Crippen LogP contribution in [-0.4, -0.2) is 19.0 Å². The maximum atomic E-state index is 13.2. The molecule has 3 rings (SSSR count). The molecule has 1 aliphatic heterocycles. The lowest BCUT2D eigenvalue weighted by Crippen LogP contribution is -2.07. The first-order valence-corrected chi connectivity index (χ1v) is 7.48. The quantitative estimate of drug-likeness (QED) is 0.602. The zero-order valence-corrected chi connectivity index (χ0v) is 13.6. The number of rotatable bonds is 3. The largest absolute Gasteiger partial charge is 0.496 e. The van der Waals surface area contributed by atoms with E-state index in [0.717, 1.165) is 4.47 Å². The lowest BCUT2D eigenvalue weighted by atomic mass is 10.2. The number of benzene rings is 2. The Bertz CT molecular complexity index is 845. The Morgan fingerprint density at radius 1 is 1.26 bits per heavy atom. The van der Waals surface area contributed by atoms with Gasteiger partial charge in [-0.3, -0.25) is 0 Å². The van der Waals surface area contributed by atoms with E-state index in [1.54, 1.807) is 24.3 Å². The van der Waals surface area contributed by atoms with E-state index in [2.05, 4.69) is 20.9 Å². The Labute approximate surface area is 140 Å². The van der Waals surface area contributed by atoms with E-state index in [1.807, 2.05) is 6.07 Å². The Morgan fingerprint density at radius 3 is 2.83 bits per heavy atom. The minimum atomic E-state index is -0.591. The highest BCUT2D eigenvalue weighted by Crippen LogP contribution is 2.28. The summed E-state index contributed by atoms with van der Waals surface area (Å²) in [6, 6.07) is 11.2. The van der Waals surface area contributed by atoms with E-state index in [9.17, 15) is 9.18 Å². The average Bonchev–Trinajstić information content (AvgIpc) is 2.88. The van der Waals surface area contributed by atoms with Gasteiger partial charge >= 0.3 is 5.97 Å². The molecule has 0 spiro atoms. The highest BCUT2D eigenvalue weighted by Gasteiger charge is 2.26. The van der Waals surface area contributed by atoms with Crippen LogP contribution in [0.25, 0.3) is 6.08 Å². The van der Waals surface area contributed by atoms with Crippen molar-refractivity contribution in [2.24, 2.45) is 4.99 Å². The fourth-order valence-corrected chi connectivity index (χ4v) is 2.49. The molecule has 0 unspecified atom stereocenters. The monoisotopic (exact) mass is 375 g/mol. The van der Waals surface area contributed by atoms with Crippen molar-refractivity contribution >= 4 is 33.9 Å². The third-order valence-corrected chi connectivity index (χ3v) is 3.66. The number of carbonyl (C=O) groups is 1. The number of hydrogen-bond acceptors (Lipinski definition) is 4. The number of halogens is 2. The van der Waals surface area contributed by atoms with Crippen LogP contribution in [0.3, 0.4) is 0 Å². The molecule has 2 aromatic rings. The molecule has 0 aliphatic carbocycles. The first-order chi connectivity index (χ1) is 11.1. The fraction of sp³-hybridized carbons (Fsp3) is 0.0588. The predicted molar refractivity (Wildman–Crippen MR) is 87.7 cm³/mol. The Balaban J connectivity index is 2.00. The molecule has 23 heavy (non-hydrogen) atoms. The Hall–Kier alpha value is -2.47. The van der Waals surface area contributed by atoms with Crippen molar-refractivity contribution in [3.8, 4) is 5.75 Å². The topological polar surface area (TPSA) is 47.9 Å². The summed E-state index contributed by atoms with van der Waals surface area (Å²) in [6.45, 7) is 0. The standard InChI is InChI=1S/C17H11BrFNO3/c1-22-15-6-5-11(18)9-13(15)16-20-14(17(21)23-16)8-10-3-2-4-12(19)7-10/h2-9H,1H3/b14-8+. The number of hydrogen-bond donors (Lipinski definition) is 0. The van der Waals surface area contributed by atoms with Gasteiger partial charge in [0.1, 0.15) is 11.6 Å². The van der Waals surface area contributed by atoms with E-state index in [4.69, 9.17) is 9.47 Å². The molecular formula is C17H11BrFNO3.